The van der Waals surface area contributed by atoms with E-state index in [0.29, 0.717) is 0 Å². The Morgan fingerprint density at radius 1 is 1.05 bits per heavy atom. The molecule has 0 spiro atoms. The van der Waals surface area contributed by atoms with Gasteiger partial charge in [-0.2, -0.15) is 0 Å². The van der Waals surface area contributed by atoms with Gasteiger partial charge in [0.1, 0.15) is 0 Å². The lowest BCUT2D eigenvalue weighted by Crippen LogP contribution is -2.16. The number of aliphatic carboxylic acids is 2. The van der Waals surface area contributed by atoms with Crippen LogP contribution in [-0.4, -0.2) is 40.2 Å². The van der Waals surface area contributed by atoms with Crippen molar-refractivity contribution in [3.63, 3.8) is 0 Å². The summed E-state index contributed by atoms with van der Waals surface area (Å²) in [6.07, 6.45) is 6.76. The SMILES string of the molecule is Cc1sc(CCC2CC2)nc1-c1ccc(CNc2c(Cl)ccc3c2CCNCC3)cc1.O=C(O)CCC(=O)O. The van der Waals surface area contributed by atoms with Crippen LogP contribution in [-0.2, 0) is 35.4 Å². The molecule has 5 rings (SSSR count). The Hall–Kier alpha value is -2.94. The molecule has 2 aromatic carbocycles. The Kier molecular flexibility index (Phi) is 10.4. The van der Waals surface area contributed by atoms with Crippen LogP contribution in [0.25, 0.3) is 11.3 Å². The van der Waals surface area contributed by atoms with Gasteiger partial charge in [-0.3, -0.25) is 9.59 Å². The summed E-state index contributed by atoms with van der Waals surface area (Å²) in [5.74, 6) is -1.19. The van der Waals surface area contributed by atoms with Crippen molar-refractivity contribution >= 4 is 40.6 Å². The van der Waals surface area contributed by atoms with Gasteiger partial charge in [-0.15, -0.1) is 11.3 Å². The van der Waals surface area contributed by atoms with Crippen molar-refractivity contribution < 1.29 is 19.8 Å². The summed E-state index contributed by atoms with van der Waals surface area (Å²) in [4.78, 5) is 25.6. The maximum Gasteiger partial charge on any atom is 0.303 e. The lowest BCUT2D eigenvalue weighted by molar-refractivity contribution is -0.143. The Bertz CT molecular complexity index is 1270. The van der Waals surface area contributed by atoms with Crippen molar-refractivity contribution in [3.05, 3.63) is 68.0 Å². The van der Waals surface area contributed by atoms with Crippen LogP contribution in [0.5, 0.6) is 0 Å². The van der Waals surface area contributed by atoms with Crippen LogP contribution in [0.15, 0.2) is 36.4 Å². The summed E-state index contributed by atoms with van der Waals surface area (Å²) in [6, 6.07) is 13.0. The molecule has 0 radical (unpaired) electrons. The van der Waals surface area contributed by atoms with E-state index in [-0.39, 0.29) is 12.8 Å². The number of carboxylic acids is 2. The maximum absolute atomic E-state index is 9.64. The van der Waals surface area contributed by atoms with Gasteiger partial charge < -0.3 is 20.8 Å². The molecule has 1 saturated carbocycles. The van der Waals surface area contributed by atoms with Gasteiger partial charge in [-0.05, 0) is 74.4 Å². The Morgan fingerprint density at radius 3 is 2.41 bits per heavy atom. The van der Waals surface area contributed by atoms with Gasteiger partial charge in [0.05, 0.1) is 34.3 Å². The van der Waals surface area contributed by atoms with Crippen LogP contribution < -0.4 is 10.6 Å². The summed E-state index contributed by atoms with van der Waals surface area (Å²) in [6.45, 7) is 5.01. The molecule has 0 unspecified atom stereocenters. The monoisotopic (exact) mass is 569 g/mol. The summed E-state index contributed by atoms with van der Waals surface area (Å²) in [5, 5.41) is 25.0. The highest BCUT2D eigenvalue weighted by Gasteiger charge is 2.21. The van der Waals surface area contributed by atoms with Crippen molar-refractivity contribution in [2.24, 2.45) is 5.92 Å². The largest absolute Gasteiger partial charge is 0.481 e. The zero-order valence-corrected chi connectivity index (χ0v) is 23.8. The van der Waals surface area contributed by atoms with E-state index in [4.69, 9.17) is 26.8 Å². The Morgan fingerprint density at radius 2 is 1.74 bits per heavy atom. The molecule has 1 fully saturated rings. The number of halogens is 1. The van der Waals surface area contributed by atoms with E-state index in [1.165, 1.54) is 51.4 Å². The van der Waals surface area contributed by atoms with Gasteiger partial charge in [-0.25, -0.2) is 4.98 Å². The predicted octanol–water partition coefficient (Wildman–Crippen LogP) is 6.35. The van der Waals surface area contributed by atoms with E-state index >= 15 is 0 Å². The first kappa shape index (κ1) is 29.1. The first-order valence-electron chi connectivity index (χ1n) is 13.5. The normalized spacial score (nSPS) is 14.5. The van der Waals surface area contributed by atoms with Crippen LogP contribution >= 0.6 is 22.9 Å². The van der Waals surface area contributed by atoms with Gasteiger partial charge in [0.25, 0.3) is 0 Å². The second-order valence-corrected chi connectivity index (χ2v) is 11.8. The average Bonchev–Trinajstić information content (AvgIpc) is 3.71. The molecule has 4 N–H and O–H groups in total. The minimum atomic E-state index is -1.08. The van der Waals surface area contributed by atoms with E-state index in [2.05, 4.69) is 47.9 Å². The highest BCUT2D eigenvalue weighted by atomic mass is 35.5. The third-order valence-corrected chi connectivity index (χ3v) is 8.38. The molecule has 208 valence electrons. The number of rotatable bonds is 10. The number of aryl methyl sites for hydroxylation is 2. The van der Waals surface area contributed by atoms with Crippen molar-refractivity contribution in [1.29, 1.82) is 0 Å². The molecular weight excluding hydrogens is 534 g/mol. The molecule has 9 heteroatoms. The number of anilines is 1. The average molecular weight is 570 g/mol. The van der Waals surface area contributed by atoms with Crippen LogP contribution in [0.1, 0.15) is 58.7 Å². The second-order valence-electron chi connectivity index (χ2n) is 10.1. The van der Waals surface area contributed by atoms with Crippen molar-refractivity contribution in [2.75, 3.05) is 18.4 Å². The number of hydrogen-bond acceptors (Lipinski definition) is 6. The van der Waals surface area contributed by atoms with Crippen LogP contribution in [0, 0.1) is 12.8 Å². The van der Waals surface area contributed by atoms with Gasteiger partial charge >= 0.3 is 11.9 Å². The summed E-state index contributed by atoms with van der Waals surface area (Å²) >= 11 is 8.43. The molecule has 39 heavy (non-hydrogen) atoms. The molecule has 2 heterocycles. The van der Waals surface area contributed by atoms with Crippen LogP contribution in [0.4, 0.5) is 5.69 Å². The Balaban J connectivity index is 0.000000386. The van der Waals surface area contributed by atoms with Crippen LogP contribution in [0.3, 0.4) is 0 Å². The lowest BCUT2D eigenvalue weighted by Gasteiger charge is -2.16. The van der Waals surface area contributed by atoms with Gasteiger partial charge in [0.2, 0.25) is 0 Å². The minimum absolute atomic E-state index is 0.296. The molecule has 3 aromatic rings. The number of benzene rings is 2. The maximum atomic E-state index is 9.64. The van der Waals surface area contributed by atoms with E-state index in [9.17, 15) is 9.59 Å². The molecule has 1 aromatic heterocycles. The van der Waals surface area contributed by atoms with Gasteiger partial charge in [0.15, 0.2) is 0 Å². The summed E-state index contributed by atoms with van der Waals surface area (Å²) in [7, 11) is 0. The lowest BCUT2D eigenvalue weighted by atomic mass is 10.0. The molecule has 0 saturated heterocycles. The number of fused-ring (bicyclic) bond motifs is 1. The van der Waals surface area contributed by atoms with Crippen molar-refractivity contribution in [1.82, 2.24) is 10.3 Å². The fourth-order valence-electron chi connectivity index (χ4n) is 4.68. The number of thiazole rings is 1. The highest BCUT2D eigenvalue weighted by molar-refractivity contribution is 7.12. The van der Waals surface area contributed by atoms with Crippen LogP contribution in [0.2, 0.25) is 5.02 Å². The first-order valence-corrected chi connectivity index (χ1v) is 14.7. The summed E-state index contributed by atoms with van der Waals surface area (Å²) < 4.78 is 0. The fourth-order valence-corrected chi connectivity index (χ4v) is 5.89. The summed E-state index contributed by atoms with van der Waals surface area (Å²) in [5.41, 5.74) is 7.50. The number of nitrogens with zero attached hydrogens (tertiary/aromatic N) is 1. The van der Waals surface area contributed by atoms with Crippen molar-refractivity contribution in [3.8, 4) is 11.3 Å². The van der Waals surface area contributed by atoms with E-state index in [1.54, 1.807) is 0 Å². The number of hydrogen-bond donors (Lipinski definition) is 4. The van der Waals surface area contributed by atoms with E-state index < -0.39 is 11.9 Å². The fraction of sp³-hybridized carbons (Fsp3) is 0.433. The smallest absolute Gasteiger partial charge is 0.303 e. The third-order valence-electron chi connectivity index (χ3n) is 7.04. The molecule has 1 aliphatic heterocycles. The van der Waals surface area contributed by atoms with Gasteiger partial charge in [-0.1, -0.05) is 54.8 Å². The second kappa shape index (κ2) is 13.9. The zero-order valence-electron chi connectivity index (χ0n) is 22.3. The van der Waals surface area contributed by atoms with E-state index in [1.807, 2.05) is 17.4 Å². The molecule has 2 aliphatic rings. The first-order chi connectivity index (χ1) is 18.8. The van der Waals surface area contributed by atoms with Gasteiger partial charge in [0, 0.05) is 17.0 Å². The minimum Gasteiger partial charge on any atom is -0.481 e. The quantitative estimate of drug-likeness (QED) is 0.225. The predicted molar refractivity (Wildman–Crippen MR) is 157 cm³/mol. The molecule has 0 atom stereocenters. The number of nitrogens with one attached hydrogen (secondary N) is 2. The number of aromatic nitrogens is 1. The molecule has 0 bridgehead atoms. The molecule has 0 amide bonds. The molecule has 1 aliphatic carbocycles. The van der Waals surface area contributed by atoms with E-state index in [0.717, 1.165) is 61.2 Å². The number of carboxylic acid groups (broad SMARTS) is 2. The molecule has 7 nitrogen and oxygen atoms in total. The highest BCUT2D eigenvalue weighted by Crippen LogP contribution is 2.35. The topological polar surface area (TPSA) is 112 Å². The standard InChI is InChI=1S/C26H30ClN3S.C4H6O4/c1-17-25(30-24(31-17)11-6-18-2-3-18)21-7-4-19(5-8-21)16-29-26-22-13-15-28-14-12-20(22)9-10-23(26)27;5-3(6)1-2-4(7)8/h4-5,7-10,18,28-29H,2-3,6,11-16H2,1H3;1-2H2,(H,5,6)(H,7,8). The Labute approximate surface area is 238 Å². The van der Waals surface area contributed by atoms with Crippen molar-refractivity contribution in [2.45, 2.75) is 64.8 Å². The number of carbonyl (C=O) groups is 2. The molecular formula is C30H36ClN3O4S. The third kappa shape index (κ3) is 8.78. The zero-order chi connectivity index (χ0) is 27.8.